The Morgan fingerprint density at radius 3 is 2.59 bits per heavy atom. The number of thiazole rings is 1. The van der Waals surface area contributed by atoms with E-state index in [9.17, 15) is 14.4 Å². The van der Waals surface area contributed by atoms with Crippen LogP contribution in [0.5, 0.6) is 0 Å². The van der Waals surface area contributed by atoms with E-state index in [4.69, 9.17) is 18.1 Å². The minimum Gasteiger partial charge on any atom is -0.300 e. The van der Waals surface area contributed by atoms with E-state index in [1.165, 1.54) is 11.3 Å². The van der Waals surface area contributed by atoms with Crippen LogP contribution in [0.1, 0.15) is 22.1 Å². The van der Waals surface area contributed by atoms with Gasteiger partial charge in [-0.15, -0.1) is 11.3 Å². The molecule has 1 aliphatic rings. The number of nitrogens with one attached hydrogen (secondary N) is 2. The fraction of sp³-hybridized carbons (Fsp3) is 0.143. The Hall–Kier alpha value is -3.54. The number of piperidine rings is 1. The van der Waals surface area contributed by atoms with Crippen molar-refractivity contribution >= 4 is 67.9 Å². The number of rotatable bonds is 3. The van der Waals surface area contributed by atoms with Crippen LogP contribution in [-0.2, 0) is 14.4 Å². The summed E-state index contributed by atoms with van der Waals surface area (Å²) in [6, 6.07) is 12.5. The van der Waals surface area contributed by atoms with Gasteiger partial charge in [0, 0.05) is 0 Å². The maximum absolute atomic E-state index is 13.5. The molecular formula is C21H18N6O3S2. The number of carbonyl (C=O) groups is 3. The number of aromatic nitrogens is 1. The molecule has 162 valence electrons. The predicted molar refractivity (Wildman–Crippen MR) is 126 cm³/mol. The van der Waals surface area contributed by atoms with Crippen LogP contribution in [0.25, 0.3) is 10.2 Å². The molecule has 1 aliphatic heterocycles. The first-order valence-electron chi connectivity index (χ1n) is 9.52. The molecule has 4 rings (SSSR count). The van der Waals surface area contributed by atoms with Gasteiger partial charge in [-0.1, -0.05) is 24.3 Å². The van der Waals surface area contributed by atoms with E-state index < -0.39 is 23.5 Å². The number of hydrazine groups is 1. The quantitative estimate of drug-likeness (QED) is 0.175. The van der Waals surface area contributed by atoms with E-state index in [2.05, 4.69) is 20.9 Å². The van der Waals surface area contributed by atoms with Crippen LogP contribution >= 0.6 is 23.6 Å². The molecule has 0 unspecified atom stereocenters. The van der Waals surface area contributed by atoms with Crippen molar-refractivity contribution in [3.63, 3.8) is 0 Å². The number of imide groups is 1. The lowest BCUT2D eigenvalue weighted by Gasteiger charge is -2.30. The molecule has 1 atom stereocenters. The zero-order valence-electron chi connectivity index (χ0n) is 17.1. The van der Waals surface area contributed by atoms with Gasteiger partial charge in [-0.05, 0) is 55.4 Å². The summed E-state index contributed by atoms with van der Waals surface area (Å²) in [4.78, 5) is 45.3. The highest BCUT2D eigenvalue weighted by atomic mass is 32.1. The molecular weight excluding hydrogens is 448 g/mol. The number of ketones is 1. The van der Waals surface area contributed by atoms with Crippen molar-refractivity contribution in [3.05, 3.63) is 58.6 Å². The number of anilines is 1. The molecule has 2 aromatic carbocycles. The number of thiocarbonyl (C=S) groups is 1. The van der Waals surface area contributed by atoms with E-state index in [-0.39, 0.29) is 10.8 Å². The first kappa shape index (κ1) is 21.7. The highest BCUT2D eigenvalue weighted by Gasteiger charge is 2.48. The number of nitrogens with zero attached hydrogens (tertiary/aromatic N) is 3. The highest BCUT2D eigenvalue weighted by molar-refractivity contribution is 7.80. The van der Waals surface area contributed by atoms with Gasteiger partial charge in [0.25, 0.3) is 5.91 Å². The van der Waals surface area contributed by atoms with E-state index in [0.29, 0.717) is 21.8 Å². The zero-order chi connectivity index (χ0) is 23.0. The molecule has 2 amide bonds. The number of hydrazone groups is 1. The molecule has 0 saturated carbocycles. The highest BCUT2D eigenvalue weighted by Crippen LogP contribution is 2.34. The molecule has 9 nitrogen and oxygen atoms in total. The lowest BCUT2D eigenvalue weighted by atomic mass is 9.91. The maximum Gasteiger partial charge on any atom is 0.302 e. The molecule has 4 N–H and O–H groups in total. The van der Waals surface area contributed by atoms with Crippen LogP contribution in [0, 0.1) is 13.8 Å². The van der Waals surface area contributed by atoms with E-state index in [1.807, 2.05) is 31.2 Å². The number of carbonyl (C=O) groups excluding carboxylic acids is 3. The monoisotopic (exact) mass is 466 g/mol. The first-order chi connectivity index (χ1) is 15.3. The van der Waals surface area contributed by atoms with Crippen LogP contribution < -0.4 is 21.6 Å². The molecule has 1 fully saturated rings. The van der Waals surface area contributed by atoms with Gasteiger partial charge in [-0.25, -0.2) is 15.7 Å². The van der Waals surface area contributed by atoms with Crippen molar-refractivity contribution in [1.82, 2.24) is 15.8 Å². The summed E-state index contributed by atoms with van der Waals surface area (Å²) in [5.74, 6) is 1.53. The van der Waals surface area contributed by atoms with Gasteiger partial charge in [0.15, 0.2) is 0 Å². The van der Waals surface area contributed by atoms with Crippen molar-refractivity contribution in [2.45, 2.75) is 19.8 Å². The Bertz CT molecular complexity index is 1280. The summed E-state index contributed by atoms with van der Waals surface area (Å²) in [6.07, 6.45) is 0. The second-order valence-electron chi connectivity index (χ2n) is 7.06. The normalized spacial score (nSPS) is 17.8. The summed E-state index contributed by atoms with van der Waals surface area (Å²) in [6.45, 7) is 3.63. The fourth-order valence-corrected chi connectivity index (χ4v) is 4.50. The number of Topliss-reactive ketones (excluding diaryl/α,β-unsaturated/α-hetero) is 1. The number of hydrogen-bond donors (Lipinski definition) is 3. The molecule has 32 heavy (non-hydrogen) atoms. The Balaban J connectivity index is 1.86. The third-order valence-electron chi connectivity index (χ3n) is 5.16. The van der Waals surface area contributed by atoms with Gasteiger partial charge in [-0.3, -0.25) is 25.2 Å². The van der Waals surface area contributed by atoms with Crippen LogP contribution in [0.3, 0.4) is 0 Å². The molecule has 11 heteroatoms. The summed E-state index contributed by atoms with van der Waals surface area (Å²) < 4.78 is 0.818. The number of para-hydroxylation sites is 1. The molecule has 0 aliphatic carbocycles. The van der Waals surface area contributed by atoms with Crippen molar-refractivity contribution in [1.29, 1.82) is 0 Å². The second-order valence-corrected chi connectivity index (χ2v) is 8.53. The smallest absolute Gasteiger partial charge is 0.300 e. The Labute approximate surface area is 192 Å². The lowest BCUT2D eigenvalue weighted by molar-refractivity contribution is -0.139. The van der Waals surface area contributed by atoms with Gasteiger partial charge < -0.3 is 0 Å². The van der Waals surface area contributed by atoms with Crippen molar-refractivity contribution in [2.75, 3.05) is 4.90 Å². The predicted octanol–water partition coefficient (Wildman–Crippen LogP) is 1.83. The summed E-state index contributed by atoms with van der Waals surface area (Å²) in [5.41, 5.74) is 6.99. The fourth-order valence-electron chi connectivity index (χ4n) is 3.38. The third-order valence-corrected chi connectivity index (χ3v) is 6.47. The van der Waals surface area contributed by atoms with Gasteiger partial charge in [-0.2, -0.15) is 5.10 Å². The van der Waals surface area contributed by atoms with Crippen molar-refractivity contribution in [2.24, 2.45) is 10.9 Å². The average molecular weight is 467 g/mol. The van der Waals surface area contributed by atoms with Crippen LogP contribution in [0.15, 0.2) is 47.6 Å². The molecule has 0 radical (unpaired) electrons. The number of fused-ring (bicyclic) bond motifs is 1. The third kappa shape index (κ3) is 3.66. The molecule has 1 saturated heterocycles. The number of aryl methyl sites for hydroxylation is 1. The van der Waals surface area contributed by atoms with Crippen LogP contribution in [-0.4, -0.2) is 33.4 Å². The van der Waals surface area contributed by atoms with Gasteiger partial charge >= 0.3 is 5.91 Å². The summed E-state index contributed by atoms with van der Waals surface area (Å²) in [7, 11) is 0. The number of benzene rings is 2. The SMILES string of the molecule is Cc1cccc(N2C(=O)C(=O)[C@@H](c3nc4ccccc4s3)/C(=N/NC(=S)NN)C2=O)c1C. The number of nitrogens with two attached hydrogens (primary N) is 1. The maximum atomic E-state index is 13.5. The molecule has 2 heterocycles. The molecule has 1 aromatic heterocycles. The van der Waals surface area contributed by atoms with Gasteiger partial charge in [0.2, 0.25) is 10.9 Å². The molecule has 0 spiro atoms. The minimum atomic E-state index is -1.26. The van der Waals surface area contributed by atoms with Crippen LogP contribution in [0.2, 0.25) is 0 Å². The zero-order valence-corrected chi connectivity index (χ0v) is 18.7. The summed E-state index contributed by atoms with van der Waals surface area (Å²) >= 11 is 6.16. The standard InChI is InChI=1S/C21H18N6O3S2/c1-10-6-5-8-13(11(10)2)27-19(29)16(25-26-21(31)24-22)15(17(28)20(27)30)18-23-12-7-3-4-9-14(12)32-18/h3-9,15H,22H2,1-2H3,(H2,24,26,31)/b25-16-/t15-/m0/s1. The van der Waals surface area contributed by atoms with Crippen molar-refractivity contribution < 1.29 is 14.4 Å². The Morgan fingerprint density at radius 2 is 1.88 bits per heavy atom. The molecule has 3 aromatic rings. The van der Waals surface area contributed by atoms with Gasteiger partial charge in [0.1, 0.15) is 16.6 Å². The number of amides is 2. The lowest BCUT2D eigenvalue weighted by Crippen LogP contribution is -2.55. The Morgan fingerprint density at radius 1 is 1.12 bits per heavy atom. The average Bonchev–Trinajstić information content (AvgIpc) is 3.21. The topological polar surface area (TPSA) is 130 Å². The first-order valence-corrected chi connectivity index (χ1v) is 10.7. The summed E-state index contributed by atoms with van der Waals surface area (Å²) in [5, 5.41) is 4.30. The van der Waals surface area contributed by atoms with E-state index >= 15 is 0 Å². The van der Waals surface area contributed by atoms with Crippen LogP contribution in [0.4, 0.5) is 5.69 Å². The van der Waals surface area contributed by atoms with E-state index in [0.717, 1.165) is 15.2 Å². The van der Waals surface area contributed by atoms with Crippen molar-refractivity contribution in [3.8, 4) is 0 Å². The van der Waals surface area contributed by atoms with E-state index in [1.54, 1.807) is 25.1 Å². The molecule has 0 bridgehead atoms. The van der Waals surface area contributed by atoms with Gasteiger partial charge in [0.05, 0.1) is 15.9 Å². The number of hydrogen-bond acceptors (Lipinski definition) is 8. The largest absolute Gasteiger partial charge is 0.302 e. The Kier molecular flexibility index (Phi) is 5.78. The second kappa shape index (κ2) is 8.54. The minimum absolute atomic E-state index is 0.0593.